The Kier molecular flexibility index (Phi) is 2.53. The summed E-state index contributed by atoms with van der Waals surface area (Å²) in [6.45, 7) is 1.67. The first-order chi connectivity index (χ1) is 9.50. The van der Waals surface area contributed by atoms with Gasteiger partial charge < -0.3 is 10.1 Å². The van der Waals surface area contributed by atoms with Gasteiger partial charge in [-0.05, 0) is 25.1 Å². The summed E-state index contributed by atoms with van der Waals surface area (Å²) in [6.07, 6.45) is 1.70. The number of fused-ring (bicyclic) bond motifs is 1. The number of H-pyrrole nitrogens is 2. The Morgan fingerprint density at radius 1 is 1.20 bits per heavy atom. The molecule has 0 unspecified atom stereocenters. The van der Waals surface area contributed by atoms with Crippen LogP contribution in [0.2, 0.25) is 0 Å². The number of hydrogen-bond acceptors (Lipinski definition) is 3. The fraction of sp³-hybridized carbons (Fsp3) is 0.143. The molecule has 0 bridgehead atoms. The summed E-state index contributed by atoms with van der Waals surface area (Å²) in [5, 5.41) is 10.6. The first-order valence-corrected chi connectivity index (χ1v) is 6.10. The normalized spacial score (nSPS) is 11.1. The third-order valence-corrected chi connectivity index (χ3v) is 3.51. The molecule has 2 aromatic heterocycles. The molecule has 0 saturated carbocycles. The zero-order chi connectivity index (χ0) is 14.4. The number of nitrogens with zero attached hydrogens (tertiary/aromatic N) is 1. The smallest absolute Gasteiger partial charge is 0.328 e. The van der Waals surface area contributed by atoms with Crippen molar-refractivity contribution >= 4 is 10.9 Å². The van der Waals surface area contributed by atoms with Gasteiger partial charge in [0.1, 0.15) is 5.75 Å². The highest BCUT2D eigenvalue weighted by molar-refractivity contribution is 5.98. The van der Waals surface area contributed by atoms with E-state index in [1.807, 2.05) is 0 Å². The molecule has 0 aliphatic carbocycles. The molecule has 1 aromatic carbocycles. The zero-order valence-electron chi connectivity index (χ0n) is 11.0. The van der Waals surface area contributed by atoms with Crippen molar-refractivity contribution in [2.45, 2.75) is 6.92 Å². The van der Waals surface area contributed by atoms with Crippen molar-refractivity contribution < 1.29 is 5.11 Å². The monoisotopic (exact) mass is 271 g/mol. The SMILES string of the molecule is Cc1c(-c2ccc(O)c3[nH]ccc23)n(C)c(=O)[nH]c1=O. The molecule has 3 rings (SSSR count). The quantitative estimate of drug-likeness (QED) is 0.621. The van der Waals surface area contributed by atoms with Gasteiger partial charge in [-0.25, -0.2) is 4.79 Å². The molecule has 0 aliphatic heterocycles. The van der Waals surface area contributed by atoms with Gasteiger partial charge in [0.25, 0.3) is 5.56 Å². The number of phenols is 1. The van der Waals surface area contributed by atoms with Gasteiger partial charge in [0.15, 0.2) is 0 Å². The van der Waals surface area contributed by atoms with E-state index in [0.29, 0.717) is 16.8 Å². The maximum absolute atomic E-state index is 11.8. The minimum Gasteiger partial charge on any atom is -0.506 e. The van der Waals surface area contributed by atoms with Gasteiger partial charge in [0.05, 0.1) is 11.2 Å². The van der Waals surface area contributed by atoms with Crippen LogP contribution in [0.25, 0.3) is 22.2 Å². The molecule has 3 aromatic rings. The number of hydrogen-bond donors (Lipinski definition) is 3. The van der Waals surface area contributed by atoms with Crippen LogP contribution >= 0.6 is 0 Å². The van der Waals surface area contributed by atoms with E-state index in [1.165, 1.54) is 4.57 Å². The summed E-state index contributed by atoms with van der Waals surface area (Å²) in [7, 11) is 1.60. The summed E-state index contributed by atoms with van der Waals surface area (Å²) >= 11 is 0. The molecular formula is C14H13N3O3. The van der Waals surface area contributed by atoms with E-state index >= 15 is 0 Å². The van der Waals surface area contributed by atoms with Crippen molar-refractivity contribution in [2.24, 2.45) is 7.05 Å². The van der Waals surface area contributed by atoms with Crippen LogP contribution in [0.4, 0.5) is 0 Å². The highest BCUT2D eigenvalue weighted by Gasteiger charge is 2.15. The van der Waals surface area contributed by atoms with Crippen molar-refractivity contribution in [1.82, 2.24) is 14.5 Å². The largest absolute Gasteiger partial charge is 0.506 e. The molecule has 0 spiro atoms. The number of aromatic amines is 2. The molecule has 0 fully saturated rings. The lowest BCUT2D eigenvalue weighted by molar-refractivity contribution is 0.480. The topological polar surface area (TPSA) is 90.9 Å². The third kappa shape index (κ3) is 1.58. The Morgan fingerprint density at radius 2 is 1.95 bits per heavy atom. The third-order valence-electron chi connectivity index (χ3n) is 3.51. The molecule has 2 heterocycles. The predicted molar refractivity (Wildman–Crippen MR) is 76.0 cm³/mol. The highest BCUT2D eigenvalue weighted by atomic mass is 16.3. The Balaban J connectivity index is 2.49. The molecule has 0 aliphatic rings. The van der Waals surface area contributed by atoms with E-state index in [9.17, 15) is 14.7 Å². The van der Waals surface area contributed by atoms with Crippen LogP contribution in [0.1, 0.15) is 5.56 Å². The van der Waals surface area contributed by atoms with Crippen LogP contribution in [-0.4, -0.2) is 19.6 Å². The van der Waals surface area contributed by atoms with Crippen LogP contribution in [0.5, 0.6) is 5.75 Å². The van der Waals surface area contributed by atoms with Crippen molar-refractivity contribution in [1.29, 1.82) is 0 Å². The van der Waals surface area contributed by atoms with Crippen LogP contribution in [0, 0.1) is 6.92 Å². The molecule has 6 nitrogen and oxygen atoms in total. The van der Waals surface area contributed by atoms with Crippen molar-refractivity contribution in [2.75, 3.05) is 0 Å². The van der Waals surface area contributed by atoms with Crippen LogP contribution < -0.4 is 11.2 Å². The van der Waals surface area contributed by atoms with Gasteiger partial charge in [0, 0.05) is 29.8 Å². The first kappa shape index (κ1) is 12.3. The van der Waals surface area contributed by atoms with Gasteiger partial charge in [0.2, 0.25) is 0 Å². The molecular weight excluding hydrogens is 258 g/mol. The second-order valence-electron chi connectivity index (χ2n) is 4.69. The lowest BCUT2D eigenvalue weighted by Gasteiger charge is -2.12. The average Bonchev–Trinajstić information content (AvgIpc) is 2.89. The van der Waals surface area contributed by atoms with E-state index in [1.54, 1.807) is 38.4 Å². The number of rotatable bonds is 1. The summed E-state index contributed by atoms with van der Waals surface area (Å²) in [6, 6.07) is 5.04. The Bertz CT molecular complexity index is 897. The van der Waals surface area contributed by atoms with E-state index in [-0.39, 0.29) is 5.75 Å². The summed E-state index contributed by atoms with van der Waals surface area (Å²) in [5.74, 6) is 0.126. The fourth-order valence-corrected chi connectivity index (χ4v) is 2.47. The van der Waals surface area contributed by atoms with Gasteiger partial charge in [-0.3, -0.25) is 14.3 Å². The molecule has 0 radical (unpaired) electrons. The van der Waals surface area contributed by atoms with Crippen LogP contribution in [0.3, 0.4) is 0 Å². The summed E-state index contributed by atoms with van der Waals surface area (Å²) in [4.78, 5) is 28.8. The molecule has 102 valence electrons. The van der Waals surface area contributed by atoms with Crippen molar-refractivity contribution in [3.05, 3.63) is 50.8 Å². The van der Waals surface area contributed by atoms with E-state index in [4.69, 9.17) is 0 Å². The number of aromatic nitrogens is 3. The molecule has 3 N–H and O–H groups in total. The molecule has 6 heteroatoms. The van der Waals surface area contributed by atoms with Gasteiger partial charge in [-0.2, -0.15) is 0 Å². The Labute approximate surface area is 113 Å². The molecule has 0 atom stereocenters. The van der Waals surface area contributed by atoms with E-state index in [2.05, 4.69) is 9.97 Å². The van der Waals surface area contributed by atoms with Gasteiger partial charge >= 0.3 is 5.69 Å². The van der Waals surface area contributed by atoms with Crippen LogP contribution in [0.15, 0.2) is 34.0 Å². The second-order valence-corrected chi connectivity index (χ2v) is 4.69. The second kappa shape index (κ2) is 4.12. The number of nitrogens with one attached hydrogen (secondary N) is 2. The lowest BCUT2D eigenvalue weighted by atomic mass is 10.0. The standard InChI is InChI=1S/C14H13N3O3/c1-7-12(17(2)14(20)16-13(7)19)9-3-4-10(18)11-8(9)5-6-15-11/h3-6,15,18H,1-2H3,(H,16,19,20). The predicted octanol–water partition coefficient (Wildman–Crippen LogP) is 1.24. The van der Waals surface area contributed by atoms with Gasteiger partial charge in [-0.1, -0.05) is 0 Å². The Morgan fingerprint density at radius 3 is 2.70 bits per heavy atom. The molecule has 0 amide bonds. The highest BCUT2D eigenvalue weighted by Crippen LogP contribution is 2.33. The molecule has 0 saturated heterocycles. The minimum absolute atomic E-state index is 0.126. The Hall–Kier alpha value is -2.76. The maximum Gasteiger partial charge on any atom is 0.328 e. The summed E-state index contributed by atoms with van der Waals surface area (Å²) < 4.78 is 1.40. The number of aromatic hydroxyl groups is 1. The van der Waals surface area contributed by atoms with E-state index in [0.717, 1.165) is 10.9 Å². The van der Waals surface area contributed by atoms with Crippen molar-refractivity contribution in [3.8, 4) is 17.0 Å². The minimum atomic E-state index is -0.465. The fourth-order valence-electron chi connectivity index (χ4n) is 2.47. The summed E-state index contributed by atoms with van der Waals surface area (Å²) in [5.41, 5.74) is 1.44. The van der Waals surface area contributed by atoms with Crippen LogP contribution in [-0.2, 0) is 7.05 Å². The number of phenolic OH excluding ortho intramolecular Hbond substituents is 1. The van der Waals surface area contributed by atoms with Crippen molar-refractivity contribution in [3.63, 3.8) is 0 Å². The van der Waals surface area contributed by atoms with E-state index < -0.39 is 11.2 Å². The lowest BCUT2D eigenvalue weighted by Crippen LogP contribution is -2.31. The zero-order valence-corrected chi connectivity index (χ0v) is 11.0. The average molecular weight is 271 g/mol. The molecule has 20 heavy (non-hydrogen) atoms. The van der Waals surface area contributed by atoms with Gasteiger partial charge in [-0.15, -0.1) is 0 Å². The first-order valence-electron chi connectivity index (χ1n) is 6.10. The number of benzene rings is 1. The maximum atomic E-state index is 11.8.